The van der Waals surface area contributed by atoms with Gasteiger partial charge in [-0.05, 0) is 36.6 Å². The van der Waals surface area contributed by atoms with Crippen LogP contribution in [0.15, 0.2) is 35.2 Å². The summed E-state index contributed by atoms with van der Waals surface area (Å²) in [5, 5.41) is 4.87. The van der Waals surface area contributed by atoms with E-state index in [1.54, 1.807) is 17.7 Å². The minimum absolute atomic E-state index is 0.118. The number of likely N-dealkylation sites (tertiary alicyclic amines) is 1. The van der Waals surface area contributed by atoms with Crippen LogP contribution in [0.4, 0.5) is 8.78 Å². The number of halogens is 2. The van der Waals surface area contributed by atoms with Gasteiger partial charge in [-0.25, -0.2) is 13.8 Å². The van der Waals surface area contributed by atoms with Crippen molar-refractivity contribution in [2.45, 2.75) is 25.4 Å². The van der Waals surface area contributed by atoms with E-state index in [2.05, 4.69) is 15.2 Å². The van der Waals surface area contributed by atoms with Crippen LogP contribution in [-0.2, 0) is 11.3 Å². The van der Waals surface area contributed by atoms with Gasteiger partial charge in [0.05, 0.1) is 11.2 Å². The summed E-state index contributed by atoms with van der Waals surface area (Å²) in [6.45, 7) is 2.20. The van der Waals surface area contributed by atoms with Crippen LogP contribution < -0.4 is 5.32 Å². The highest BCUT2D eigenvalue weighted by molar-refractivity contribution is 7.07. The fourth-order valence-electron chi connectivity index (χ4n) is 2.85. The van der Waals surface area contributed by atoms with Crippen molar-refractivity contribution in [3.05, 3.63) is 58.1 Å². The molecule has 0 aliphatic carbocycles. The number of hydrogen-bond donors (Lipinski definition) is 1. The Bertz CT molecular complexity index is 741. The average Bonchev–Trinajstić information content (AvgIpc) is 3.12. The summed E-state index contributed by atoms with van der Waals surface area (Å²) >= 11 is 1.49. The van der Waals surface area contributed by atoms with Gasteiger partial charge in [0.2, 0.25) is 5.91 Å². The van der Waals surface area contributed by atoms with E-state index in [-0.39, 0.29) is 11.9 Å². The maximum atomic E-state index is 13.3. The predicted molar refractivity (Wildman–Crippen MR) is 93.9 cm³/mol. The van der Waals surface area contributed by atoms with Gasteiger partial charge < -0.3 is 5.32 Å². The molecule has 4 nitrogen and oxygen atoms in total. The highest BCUT2D eigenvalue weighted by atomic mass is 32.1. The SMILES string of the molecule is O=C(C=Cc1cscn1)NC1CCN(Cc2ccc(F)c(F)c2)CC1. The van der Waals surface area contributed by atoms with E-state index in [1.807, 2.05) is 5.38 Å². The van der Waals surface area contributed by atoms with Crippen molar-refractivity contribution in [1.82, 2.24) is 15.2 Å². The normalized spacial score (nSPS) is 16.4. The molecule has 1 fully saturated rings. The Morgan fingerprint density at radius 2 is 2.12 bits per heavy atom. The van der Waals surface area contributed by atoms with E-state index >= 15 is 0 Å². The van der Waals surface area contributed by atoms with Crippen LogP contribution in [0, 0.1) is 11.6 Å². The molecule has 1 N–H and O–H groups in total. The van der Waals surface area contributed by atoms with Crippen LogP contribution in [-0.4, -0.2) is 34.9 Å². The monoisotopic (exact) mass is 363 g/mol. The first-order chi connectivity index (χ1) is 12.1. The molecule has 0 saturated carbocycles. The number of rotatable bonds is 5. The lowest BCUT2D eigenvalue weighted by Gasteiger charge is -2.32. The molecule has 7 heteroatoms. The van der Waals surface area contributed by atoms with Gasteiger partial charge in [-0.2, -0.15) is 0 Å². The second-order valence-electron chi connectivity index (χ2n) is 6.05. The van der Waals surface area contributed by atoms with E-state index in [9.17, 15) is 13.6 Å². The van der Waals surface area contributed by atoms with Gasteiger partial charge in [0, 0.05) is 37.1 Å². The van der Waals surface area contributed by atoms with Crippen molar-refractivity contribution in [1.29, 1.82) is 0 Å². The van der Waals surface area contributed by atoms with E-state index in [1.165, 1.54) is 23.5 Å². The standard InChI is InChI=1S/C18H19F2N3OS/c19-16-3-1-13(9-17(16)20)10-23-7-5-14(6-8-23)22-18(24)4-2-15-11-25-12-21-15/h1-4,9,11-12,14H,5-8,10H2,(H,22,24). The number of nitrogens with one attached hydrogen (secondary N) is 1. The van der Waals surface area contributed by atoms with Crippen molar-refractivity contribution >= 4 is 23.3 Å². The molecular formula is C18H19F2N3OS. The smallest absolute Gasteiger partial charge is 0.244 e. The highest BCUT2D eigenvalue weighted by Crippen LogP contribution is 2.16. The van der Waals surface area contributed by atoms with Crippen LogP contribution in [0.25, 0.3) is 6.08 Å². The molecule has 2 aromatic rings. The van der Waals surface area contributed by atoms with E-state index in [4.69, 9.17) is 0 Å². The highest BCUT2D eigenvalue weighted by Gasteiger charge is 2.20. The van der Waals surface area contributed by atoms with Gasteiger partial charge in [-0.15, -0.1) is 11.3 Å². The second-order valence-corrected chi connectivity index (χ2v) is 6.77. The fourth-order valence-corrected chi connectivity index (χ4v) is 3.37. The number of carbonyl (C=O) groups is 1. The maximum Gasteiger partial charge on any atom is 0.244 e. The number of thiazole rings is 1. The number of piperidine rings is 1. The summed E-state index contributed by atoms with van der Waals surface area (Å²) in [5.41, 5.74) is 3.26. The third-order valence-electron chi connectivity index (χ3n) is 4.18. The van der Waals surface area contributed by atoms with Crippen LogP contribution in [0.1, 0.15) is 24.1 Å². The summed E-state index contributed by atoms with van der Waals surface area (Å²) in [6.07, 6.45) is 4.87. The topological polar surface area (TPSA) is 45.2 Å². The van der Waals surface area contributed by atoms with Crippen LogP contribution in [0.3, 0.4) is 0 Å². The molecule has 1 aromatic heterocycles. The van der Waals surface area contributed by atoms with Crippen molar-refractivity contribution in [2.24, 2.45) is 0 Å². The molecule has 0 spiro atoms. The number of benzene rings is 1. The number of aromatic nitrogens is 1. The third kappa shape index (κ3) is 5.17. The third-order valence-corrected chi connectivity index (χ3v) is 4.79. The molecule has 1 aliphatic heterocycles. The molecule has 132 valence electrons. The Labute approximate surface area is 149 Å². The molecule has 1 aromatic carbocycles. The Balaban J connectivity index is 1.43. The van der Waals surface area contributed by atoms with Crippen molar-refractivity contribution in [2.75, 3.05) is 13.1 Å². The Morgan fingerprint density at radius 1 is 1.32 bits per heavy atom. The molecule has 3 rings (SSSR count). The molecule has 0 unspecified atom stereocenters. The van der Waals surface area contributed by atoms with Crippen LogP contribution >= 0.6 is 11.3 Å². The second kappa shape index (κ2) is 8.31. The zero-order valence-electron chi connectivity index (χ0n) is 13.6. The maximum absolute atomic E-state index is 13.3. The van der Waals surface area contributed by atoms with E-state index in [0.29, 0.717) is 6.54 Å². The number of hydrogen-bond acceptors (Lipinski definition) is 4. The van der Waals surface area contributed by atoms with Crippen molar-refractivity contribution < 1.29 is 13.6 Å². The molecule has 1 amide bonds. The Kier molecular flexibility index (Phi) is 5.88. The molecule has 1 saturated heterocycles. The molecule has 0 bridgehead atoms. The van der Waals surface area contributed by atoms with Crippen LogP contribution in [0.2, 0.25) is 0 Å². The summed E-state index contributed by atoms with van der Waals surface area (Å²) in [4.78, 5) is 18.2. The number of carbonyl (C=O) groups excluding carboxylic acids is 1. The summed E-state index contributed by atoms with van der Waals surface area (Å²) in [6, 6.07) is 4.14. The lowest BCUT2D eigenvalue weighted by Crippen LogP contribution is -2.43. The zero-order valence-corrected chi connectivity index (χ0v) is 14.4. The molecule has 2 heterocycles. The lowest BCUT2D eigenvalue weighted by atomic mass is 10.0. The van der Waals surface area contributed by atoms with E-state index in [0.717, 1.165) is 43.3 Å². The van der Waals surface area contributed by atoms with E-state index < -0.39 is 11.6 Å². The first-order valence-corrected chi connectivity index (χ1v) is 9.07. The van der Waals surface area contributed by atoms with Crippen molar-refractivity contribution in [3.63, 3.8) is 0 Å². The minimum atomic E-state index is -0.823. The van der Waals surface area contributed by atoms with Gasteiger partial charge in [-0.3, -0.25) is 9.69 Å². The first-order valence-electron chi connectivity index (χ1n) is 8.13. The number of nitrogens with zero attached hydrogens (tertiary/aromatic N) is 2. The van der Waals surface area contributed by atoms with Crippen molar-refractivity contribution in [3.8, 4) is 0 Å². The minimum Gasteiger partial charge on any atom is -0.350 e. The summed E-state index contributed by atoms with van der Waals surface area (Å²) in [5.74, 6) is -1.76. The van der Waals surface area contributed by atoms with Crippen LogP contribution in [0.5, 0.6) is 0 Å². The zero-order chi connectivity index (χ0) is 17.6. The fraction of sp³-hybridized carbons (Fsp3) is 0.333. The predicted octanol–water partition coefficient (Wildman–Crippen LogP) is 3.22. The van der Waals surface area contributed by atoms with Gasteiger partial charge in [0.15, 0.2) is 11.6 Å². The number of amides is 1. The molecular weight excluding hydrogens is 344 g/mol. The van der Waals surface area contributed by atoms with Gasteiger partial charge in [-0.1, -0.05) is 6.07 Å². The largest absolute Gasteiger partial charge is 0.350 e. The van der Waals surface area contributed by atoms with Gasteiger partial charge >= 0.3 is 0 Å². The quantitative estimate of drug-likeness (QED) is 0.830. The van der Waals surface area contributed by atoms with Gasteiger partial charge in [0.1, 0.15) is 0 Å². The molecule has 0 atom stereocenters. The summed E-state index contributed by atoms with van der Waals surface area (Å²) < 4.78 is 26.2. The first kappa shape index (κ1) is 17.7. The molecule has 25 heavy (non-hydrogen) atoms. The summed E-state index contributed by atoms with van der Waals surface area (Å²) in [7, 11) is 0. The molecule has 1 aliphatic rings. The Morgan fingerprint density at radius 3 is 2.80 bits per heavy atom. The molecule has 0 radical (unpaired) electrons. The average molecular weight is 363 g/mol. The lowest BCUT2D eigenvalue weighted by molar-refractivity contribution is -0.117. The Hall–Kier alpha value is -2.12. The van der Waals surface area contributed by atoms with Gasteiger partial charge in [0.25, 0.3) is 0 Å².